The van der Waals surface area contributed by atoms with E-state index in [0.29, 0.717) is 5.56 Å². The van der Waals surface area contributed by atoms with Crippen LogP contribution in [0.1, 0.15) is 21.5 Å². The zero-order valence-corrected chi connectivity index (χ0v) is 9.90. The van der Waals surface area contributed by atoms with E-state index in [-0.39, 0.29) is 5.75 Å². The average molecular weight is 226 g/mol. The quantitative estimate of drug-likeness (QED) is 0.796. The highest BCUT2D eigenvalue weighted by atomic mass is 16.3. The Labute approximate surface area is 101 Å². The summed E-state index contributed by atoms with van der Waals surface area (Å²) in [5.74, 6) is 0.115. The van der Waals surface area contributed by atoms with E-state index in [1.165, 1.54) is 6.07 Å². The van der Waals surface area contributed by atoms with Crippen LogP contribution in [-0.4, -0.2) is 11.4 Å². The van der Waals surface area contributed by atoms with Gasteiger partial charge in [0.1, 0.15) is 12.0 Å². The number of carbonyl (C=O) groups excluding carboxylic acids is 1. The van der Waals surface area contributed by atoms with E-state index >= 15 is 0 Å². The van der Waals surface area contributed by atoms with Gasteiger partial charge >= 0.3 is 0 Å². The van der Waals surface area contributed by atoms with E-state index in [0.717, 1.165) is 28.5 Å². The number of aldehydes is 1. The summed E-state index contributed by atoms with van der Waals surface area (Å²) in [5, 5.41) is 9.57. The molecule has 86 valence electrons. The van der Waals surface area contributed by atoms with Crippen LogP contribution >= 0.6 is 0 Å². The zero-order valence-electron chi connectivity index (χ0n) is 9.90. The fourth-order valence-corrected chi connectivity index (χ4v) is 2.01. The number of rotatable bonds is 2. The Morgan fingerprint density at radius 1 is 0.882 bits per heavy atom. The molecule has 2 rings (SSSR count). The number of aryl methyl sites for hydroxylation is 2. The van der Waals surface area contributed by atoms with Crippen molar-refractivity contribution in [3.63, 3.8) is 0 Å². The van der Waals surface area contributed by atoms with Crippen LogP contribution in [0.15, 0.2) is 36.4 Å². The SMILES string of the molecule is Cc1cc(C)cc(-c2cc(O)cc(C=O)c2)c1. The summed E-state index contributed by atoms with van der Waals surface area (Å²) >= 11 is 0. The molecule has 0 aliphatic heterocycles. The lowest BCUT2D eigenvalue weighted by Crippen LogP contribution is -1.86. The van der Waals surface area contributed by atoms with Crippen molar-refractivity contribution in [2.75, 3.05) is 0 Å². The molecule has 0 fully saturated rings. The fourth-order valence-electron chi connectivity index (χ4n) is 2.01. The molecule has 0 heterocycles. The van der Waals surface area contributed by atoms with E-state index in [2.05, 4.69) is 6.07 Å². The Balaban J connectivity index is 2.59. The van der Waals surface area contributed by atoms with Gasteiger partial charge in [0.15, 0.2) is 0 Å². The lowest BCUT2D eigenvalue weighted by molar-refractivity contribution is 0.112. The molecule has 0 aromatic heterocycles. The van der Waals surface area contributed by atoms with E-state index in [9.17, 15) is 9.90 Å². The zero-order chi connectivity index (χ0) is 12.4. The van der Waals surface area contributed by atoms with Crippen molar-refractivity contribution in [2.24, 2.45) is 0 Å². The highest BCUT2D eigenvalue weighted by Gasteiger charge is 2.03. The number of phenolic OH excluding ortho intramolecular Hbond substituents is 1. The second kappa shape index (κ2) is 4.42. The van der Waals surface area contributed by atoms with Crippen LogP contribution in [0, 0.1) is 13.8 Å². The minimum absolute atomic E-state index is 0.115. The van der Waals surface area contributed by atoms with Crippen molar-refractivity contribution in [3.8, 4) is 16.9 Å². The maximum absolute atomic E-state index is 10.8. The van der Waals surface area contributed by atoms with Gasteiger partial charge in [0.25, 0.3) is 0 Å². The van der Waals surface area contributed by atoms with Crippen LogP contribution in [0.4, 0.5) is 0 Å². The number of hydrogen-bond acceptors (Lipinski definition) is 2. The Hall–Kier alpha value is -2.09. The fraction of sp³-hybridized carbons (Fsp3) is 0.133. The topological polar surface area (TPSA) is 37.3 Å². The molecule has 0 radical (unpaired) electrons. The van der Waals surface area contributed by atoms with E-state index in [1.807, 2.05) is 26.0 Å². The van der Waals surface area contributed by atoms with E-state index in [1.54, 1.807) is 12.1 Å². The molecular formula is C15H14O2. The van der Waals surface area contributed by atoms with Crippen LogP contribution in [-0.2, 0) is 0 Å². The third-order valence-electron chi connectivity index (χ3n) is 2.63. The van der Waals surface area contributed by atoms with Crippen LogP contribution in [0.2, 0.25) is 0 Å². The van der Waals surface area contributed by atoms with Crippen molar-refractivity contribution in [2.45, 2.75) is 13.8 Å². The van der Waals surface area contributed by atoms with Gasteiger partial charge < -0.3 is 5.11 Å². The number of carbonyl (C=O) groups is 1. The van der Waals surface area contributed by atoms with Crippen LogP contribution in [0.25, 0.3) is 11.1 Å². The first-order valence-corrected chi connectivity index (χ1v) is 5.46. The first-order valence-electron chi connectivity index (χ1n) is 5.46. The maximum Gasteiger partial charge on any atom is 0.150 e. The van der Waals surface area contributed by atoms with E-state index < -0.39 is 0 Å². The maximum atomic E-state index is 10.8. The predicted molar refractivity (Wildman–Crippen MR) is 68.4 cm³/mol. The molecule has 0 amide bonds. The lowest BCUT2D eigenvalue weighted by atomic mass is 9.99. The highest BCUT2D eigenvalue weighted by Crippen LogP contribution is 2.26. The lowest BCUT2D eigenvalue weighted by Gasteiger charge is -2.06. The molecule has 2 nitrogen and oxygen atoms in total. The van der Waals surface area contributed by atoms with Gasteiger partial charge in [0, 0.05) is 5.56 Å². The van der Waals surface area contributed by atoms with Gasteiger partial charge in [-0.1, -0.05) is 29.3 Å². The molecule has 2 heteroatoms. The minimum Gasteiger partial charge on any atom is -0.508 e. The van der Waals surface area contributed by atoms with Gasteiger partial charge in [-0.3, -0.25) is 4.79 Å². The van der Waals surface area contributed by atoms with Crippen molar-refractivity contribution >= 4 is 6.29 Å². The Kier molecular flexibility index (Phi) is 2.96. The first-order chi connectivity index (χ1) is 8.08. The predicted octanol–water partition coefficient (Wildman–Crippen LogP) is 3.49. The van der Waals surface area contributed by atoms with Gasteiger partial charge in [-0.25, -0.2) is 0 Å². The van der Waals surface area contributed by atoms with Crippen LogP contribution in [0.5, 0.6) is 5.75 Å². The molecule has 0 bridgehead atoms. The molecule has 2 aromatic rings. The molecular weight excluding hydrogens is 212 g/mol. The van der Waals surface area contributed by atoms with Crippen molar-refractivity contribution in [3.05, 3.63) is 53.1 Å². The third-order valence-corrected chi connectivity index (χ3v) is 2.63. The summed E-state index contributed by atoms with van der Waals surface area (Å²) < 4.78 is 0. The van der Waals surface area contributed by atoms with Gasteiger partial charge in [0.2, 0.25) is 0 Å². The molecule has 2 aromatic carbocycles. The second-order valence-electron chi connectivity index (χ2n) is 4.31. The monoisotopic (exact) mass is 226 g/mol. The van der Waals surface area contributed by atoms with Gasteiger partial charge in [-0.15, -0.1) is 0 Å². The Bertz CT molecular complexity index is 551. The van der Waals surface area contributed by atoms with E-state index in [4.69, 9.17) is 0 Å². The Morgan fingerprint density at radius 3 is 2.06 bits per heavy atom. The Morgan fingerprint density at radius 2 is 1.47 bits per heavy atom. The van der Waals surface area contributed by atoms with Crippen LogP contribution in [0.3, 0.4) is 0 Å². The summed E-state index contributed by atoms with van der Waals surface area (Å²) in [6.45, 7) is 4.06. The standard InChI is InChI=1S/C15H14O2/c1-10-3-11(2)5-13(4-10)14-6-12(9-16)7-15(17)8-14/h3-9,17H,1-2H3. The number of hydrogen-bond donors (Lipinski definition) is 1. The molecule has 0 aliphatic carbocycles. The van der Waals surface area contributed by atoms with Gasteiger partial charge in [0.05, 0.1) is 0 Å². The normalized spacial score (nSPS) is 10.2. The summed E-state index contributed by atoms with van der Waals surface area (Å²) in [6, 6.07) is 11.1. The summed E-state index contributed by atoms with van der Waals surface area (Å²) in [7, 11) is 0. The summed E-state index contributed by atoms with van der Waals surface area (Å²) in [4.78, 5) is 10.8. The van der Waals surface area contributed by atoms with Gasteiger partial charge in [-0.05, 0) is 43.2 Å². The minimum atomic E-state index is 0.115. The summed E-state index contributed by atoms with van der Waals surface area (Å²) in [6.07, 6.45) is 0.742. The molecule has 0 unspecified atom stereocenters. The van der Waals surface area contributed by atoms with Gasteiger partial charge in [-0.2, -0.15) is 0 Å². The molecule has 0 saturated carbocycles. The summed E-state index contributed by atoms with van der Waals surface area (Å²) in [5.41, 5.74) is 4.69. The number of phenols is 1. The second-order valence-corrected chi connectivity index (χ2v) is 4.31. The van der Waals surface area contributed by atoms with Crippen LogP contribution < -0.4 is 0 Å². The molecule has 0 atom stereocenters. The average Bonchev–Trinajstić information content (AvgIpc) is 2.26. The number of aromatic hydroxyl groups is 1. The molecule has 17 heavy (non-hydrogen) atoms. The molecule has 0 spiro atoms. The van der Waals surface area contributed by atoms with Crippen molar-refractivity contribution in [1.82, 2.24) is 0 Å². The third kappa shape index (κ3) is 2.53. The highest BCUT2D eigenvalue weighted by molar-refractivity contribution is 5.80. The first kappa shape index (κ1) is 11.4. The van der Waals surface area contributed by atoms with Crippen molar-refractivity contribution < 1.29 is 9.90 Å². The molecule has 1 N–H and O–H groups in total. The van der Waals surface area contributed by atoms with Crippen molar-refractivity contribution in [1.29, 1.82) is 0 Å². The molecule has 0 saturated heterocycles. The smallest absolute Gasteiger partial charge is 0.150 e. The largest absolute Gasteiger partial charge is 0.508 e. The molecule has 0 aliphatic rings. The number of benzene rings is 2.